The zero-order chi connectivity index (χ0) is 13.6. The first-order valence-corrected chi connectivity index (χ1v) is 6.69. The zero-order valence-corrected chi connectivity index (χ0v) is 11.1. The first-order chi connectivity index (χ1) is 9.08. The molecule has 6 heteroatoms. The van der Waals surface area contributed by atoms with Crippen LogP contribution in [0.4, 0.5) is 5.69 Å². The maximum atomic E-state index is 11.1. The van der Waals surface area contributed by atoms with Crippen molar-refractivity contribution >= 4 is 23.2 Å². The van der Waals surface area contributed by atoms with E-state index < -0.39 is 5.91 Å². The zero-order valence-electron chi connectivity index (χ0n) is 10.3. The van der Waals surface area contributed by atoms with Gasteiger partial charge in [-0.15, -0.1) is 0 Å². The molecule has 5 nitrogen and oxygen atoms in total. The van der Waals surface area contributed by atoms with Crippen molar-refractivity contribution < 1.29 is 9.53 Å². The number of amides is 1. The van der Waals surface area contributed by atoms with Crippen LogP contribution < -0.4 is 16.8 Å². The summed E-state index contributed by atoms with van der Waals surface area (Å²) in [5.74, 6) is -0.0471. The summed E-state index contributed by atoms with van der Waals surface area (Å²) in [5.41, 5.74) is 12.5. The Morgan fingerprint density at radius 2 is 2.26 bits per heavy atom. The minimum atomic E-state index is -0.493. The molecule has 1 saturated heterocycles. The van der Waals surface area contributed by atoms with E-state index in [1.807, 2.05) is 0 Å². The third-order valence-electron chi connectivity index (χ3n) is 4.02. The van der Waals surface area contributed by atoms with E-state index in [9.17, 15) is 4.79 Å². The molecule has 1 aliphatic heterocycles. The van der Waals surface area contributed by atoms with Crippen molar-refractivity contribution in [1.82, 2.24) is 0 Å². The van der Waals surface area contributed by atoms with Gasteiger partial charge in [-0.3, -0.25) is 4.79 Å². The Balaban J connectivity index is 1.75. The van der Waals surface area contributed by atoms with Gasteiger partial charge >= 0.3 is 0 Å². The highest BCUT2D eigenvalue weighted by Crippen LogP contribution is 2.40. The predicted molar refractivity (Wildman–Crippen MR) is 73.2 cm³/mol. The van der Waals surface area contributed by atoms with Crippen LogP contribution in [0.25, 0.3) is 0 Å². The lowest BCUT2D eigenvalue weighted by Crippen LogP contribution is -2.65. The molecular formula is C13H16ClN3O2. The van der Waals surface area contributed by atoms with Crippen molar-refractivity contribution in [3.05, 3.63) is 28.8 Å². The van der Waals surface area contributed by atoms with Gasteiger partial charge in [-0.25, -0.2) is 0 Å². The normalized spacial score (nSPS) is 32.5. The molecule has 1 saturated carbocycles. The largest absolute Gasteiger partial charge is 0.377 e. The molecule has 4 atom stereocenters. The average molecular weight is 282 g/mol. The fraction of sp³-hybridized carbons (Fsp3) is 0.462. The molecule has 0 bridgehead atoms. The molecule has 1 aromatic rings. The topological polar surface area (TPSA) is 90.4 Å². The summed E-state index contributed by atoms with van der Waals surface area (Å²) in [5, 5.41) is 3.76. The lowest BCUT2D eigenvalue weighted by Gasteiger charge is -2.46. The van der Waals surface area contributed by atoms with Crippen LogP contribution in [0.15, 0.2) is 18.2 Å². The van der Waals surface area contributed by atoms with Gasteiger partial charge in [-0.1, -0.05) is 11.6 Å². The summed E-state index contributed by atoms with van der Waals surface area (Å²) in [6.45, 7) is 0.773. The number of nitrogens with two attached hydrogens (primary N) is 2. The fourth-order valence-corrected chi connectivity index (χ4v) is 3.13. The lowest BCUT2D eigenvalue weighted by atomic mass is 9.72. The number of rotatable bonds is 3. The van der Waals surface area contributed by atoms with E-state index >= 15 is 0 Å². The van der Waals surface area contributed by atoms with Gasteiger partial charge in [0.25, 0.3) is 0 Å². The monoisotopic (exact) mass is 281 g/mol. The van der Waals surface area contributed by atoms with Crippen LogP contribution in [0.1, 0.15) is 16.8 Å². The van der Waals surface area contributed by atoms with Crippen LogP contribution in [-0.2, 0) is 4.74 Å². The molecule has 1 aromatic carbocycles. The molecule has 1 heterocycles. The minimum absolute atomic E-state index is 0.0735. The summed E-state index contributed by atoms with van der Waals surface area (Å²) in [4.78, 5) is 11.1. The van der Waals surface area contributed by atoms with Gasteiger partial charge in [-0.05, 0) is 24.6 Å². The number of hydrogen-bond acceptors (Lipinski definition) is 4. The number of fused-ring (bicyclic) bond motifs is 1. The van der Waals surface area contributed by atoms with Crippen LogP contribution >= 0.6 is 11.6 Å². The lowest BCUT2D eigenvalue weighted by molar-refractivity contribution is 0.00538. The molecule has 3 rings (SSSR count). The van der Waals surface area contributed by atoms with Gasteiger partial charge in [0.2, 0.25) is 5.91 Å². The molecule has 4 unspecified atom stereocenters. The van der Waals surface area contributed by atoms with Crippen molar-refractivity contribution in [2.45, 2.75) is 24.6 Å². The summed E-state index contributed by atoms with van der Waals surface area (Å²) in [7, 11) is 0. The highest BCUT2D eigenvalue weighted by molar-refractivity contribution is 6.33. The molecule has 0 aromatic heterocycles. The Labute approximate surface area is 116 Å². The molecule has 2 fully saturated rings. The molecule has 102 valence electrons. The molecular weight excluding hydrogens is 266 g/mol. The smallest absolute Gasteiger partial charge is 0.248 e. The summed E-state index contributed by atoms with van der Waals surface area (Å²) in [6, 6.07) is 5.11. The third-order valence-corrected chi connectivity index (χ3v) is 4.33. The highest BCUT2D eigenvalue weighted by Gasteiger charge is 2.52. The van der Waals surface area contributed by atoms with Crippen LogP contribution in [0.2, 0.25) is 5.02 Å². The Bertz CT molecular complexity index is 523. The standard InChI is InChI=1S/C13H16ClN3O2/c14-8-5-6(13(16)18)1-2-9(8)17-11-10(15)7-3-4-19-12(7)11/h1-2,5,7,10-12,17H,3-4,15H2,(H2,16,18). The first kappa shape index (κ1) is 12.7. The average Bonchev–Trinajstić information content (AvgIpc) is 2.81. The van der Waals surface area contributed by atoms with E-state index in [4.69, 9.17) is 27.8 Å². The van der Waals surface area contributed by atoms with Crippen molar-refractivity contribution in [3.8, 4) is 0 Å². The summed E-state index contributed by atoms with van der Waals surface area (Å²) in [6.07, 6.45) is 1.19. The molecule has 1 aliphatic carbocycles. The van der Waals surface area contributed by atoms with E-state index in [1.165, 1.54) is 0 Å². The second-order valence-corrected chi connectivity index (χ2v) is 5.50. The van der Waals surface area contributed by atoms with Crippen LogP contribution in [0.5, 0.6) is 0 Å². The quantitative estimate of drug-likeness (QED) is 0.770. The predicted octanol–water partition coefficient (Wildman–Crippen LogP) is 0.965. The fourth-order valence-electron chi connectivity index (χ4n) is 2.89. The second kappa shape index (κ2) is 4.67. The van der Waals surface area contributed by atoms with Crippen LogP contribution in [0.3, 0.4) is 0 Å². The number of anilines is 1. The molecule has 2 aliphatic rings. The maximum Gasteiger partial charge on any atom is 0.248 e. The Morgan fingerprint density at radius 3 is 2.95 bits per heavy atom. The van der Waals surface area contributed by atoms with Gasteiger partial charge in [0.15, 0.2) is 0 Å². The third kappa shape index (κ3) is 2.08. The van der Waals surface area contributed by atoms with Crippen LogP contribution in [0, 0.1) is 5.92 Å². The van der Waals surface area contributed by atoms with Crippen molar-refractivity contribution in [1.29, 1.82) is 0 Å². The van der Waals surface area contributed by atoms with Crippen molar-refractivity contribution in [2.24, 2.45) is 17.4 Å². The number of hydrogen-bond donors (Lipinski definition) is 3. The van der Waals surface area contributed by atoms with Gasteiger partial charge in [0, 0.05) is 24.1 Å². The summed E-state index contributed by atoms with van der Waals surface area (Å²) >= 11 is 6.14. The second-order valence-electron chi connectivity index (χ2n) is 5.09. The number of primary amides is 1. The number of carbonyl (C=O) groups excluding carboxylic acids is 1. The highest BCUT2D eigenvalue weighted by atomic mass is 35.5. The van der Waals surface area contributed by atoms with E-state index in [0.717, 1.165) is 18.7 Å². The van der Waals surface area contributed by atoms with Gasteiger partial charge in [0.1, 0.15) is 0 Å². The number of halogens is 1. The SMILES string of the molecule is NC(=O)c1ccc(NC2C(N)C3CCOC32)c(Cl)c1. The van der Waals surface area contributed by atoms with Crippen molar-refractivity contribution in [3.63, 3.8) is 0 Å². The number of carbonyl (C=O) groups is 1. The number of ether oxygens (including phenoxy) is 1. The van der Waals surface area contributed by atoms with E-state index in [-0.39, 0.29) is 18.2 Å². The Hall–Kier alpha value is -1.30. The molecule has 5 N–H and O–H groups in total. The first-order valence-electron chi connectivity index (χ1n) is 6.31. The Morgan fingerprint density at radius 1 is 1.47 bits per heavy atom. The molecule has 0 spiro atoms. The van der Waals surface area contributed by atoms with Gasteiger partial charge in [0.05, 0.1) is 22.9 Å². The minimum Gasteiger partial charge on any atom is -0.377 e. The summed E-state index contributed by atoms with van der Waals surface area (Å²) < 4.78 is 5.65. The van der Waals surface area contributed by atoms with Gasteiger partial charge in [-0.2, -0.15) is 0 Å². The Kier molecular flexibility index (Phi) is 3.12. The number of benzene rings is 1. The number of nitrogens with one attached hydrogen (secondary N) is 1. The molecule has 1 amide bonds. The molecule has 19 heavy (non-hydrogen) atoms. The van der Waals surface area contributed by atoms with Crippen molar-refractivity contribution in [2.75, 3.05) is 11.9 Å². The van der Waals surface area contributed by atoms with Gasteiger partial charge < -0.3 is 21.5 Å². The maximum absolute atomic E-state index is 11.1. The van der Waals surface area contributed by atoms with Crippen LogP contribution in [-0.4, -0.2) is 30.7 Å². The van der Waals surface area contributed by atoms with E-state index in [1.54, 1.807) is 18.2 Å². The molecule has 0 radical (unpaired) electrons. The van der Waals surface area contributed by atoms with E-state index in [0.29, 0.717) is 16.5 Å². The van der Waals surface area contributed by atoms with E-state index in [2.05, 4.69) is 5.32 Å².